The summed E-state index contributed by atoms with van der Waals surface area (Å²) in [6.07, 6.45) is 0. The minimum atomic E-state index is -0.223. The Labute approximate surface area is 126 Å². The molecule has 1 aromatic heterocycles. The molecule has 0 unspecified atom stereocenters. The standard InChI is InChI=1S/C14H12ClN3OS/c1-18(9-12-3-2-6-20-12)14(19)17-11-5-4-10(8-16)13(15)7-11/h2-7H,9H2,1H3,(H,17,19). The Balaban J connectivity index is 2.00. The van der Waals surface area contributed by atoms with Crippen LogP contribution < -0.4 is 5.32 Å². The highest BCUT2D eigenvalue weighted by Crippen LogP contribution is 2.20. The molecule has 6 heteroatoms. The summed E-state index contributed by atoms with van der Waals surface area (Å²) in [6, 6.07) is 10.5. The second-order valence-electron chi connectivity index (χ2n) is 4.17. The van der Waals surface area contributed by atoms with Gasteiger partial charge in [-0.2, -0.15) is 5.26 Å². The van der Waals surface area contributed by atoms with Gasteiger partial charge in [-0.3, -0.25) is 0 Å². The number of halogens is 1. The first-order valence-electron chi connectivity index (χ1n) is 5.84. The van der Waals surface area contributed by atoms with Crippen LogP contribution in [0.5, 0.6) is 0 Å². The molecule has 0 spiro atoms. The molecule has 0 aliphatic rings. The number of thiophene rings is 1. The Bertz CT molecular complexity index is 649. The number of nitriles is 1. The summed E-state index contributed by atoms with van der Waals surface area (Å²) >= 11 is 7.53. The van der Waals surface area contributed by atoms with Crippen LogP contribution in [-0.4, -0.2) is 18.0 Å². The molecule has 2 rings (SSSR count). The van der Waals surface area contributed by atoms with Gasteiger partial charge in [0.1, 0.15) is 6.07 Å². The molecule has 4 nitrogen and oxygen atoms in total. The van der Waals surface area contributed by atoms with E-state index >= 15 is 0 Å². The van der Waals surface area contributed by atoms with Gasteiger partial charge in [0.15, 0.2) is 0 Å². The smallest absolute Gasteiger partial charge is 0.321 e. The SMILES string of the molecule is CN(Cc1cccs1)C(=O)Nc1ccc(C#N)c(Cl)c1. The maximum absolute atomic E-state index is 12.0. The van der Waals surface area contributed by atoms with Crippen molar-refractivity contribution in [1.29, 1.82) is 5.26 Å². The molecule has 0 aliphatic heterocycles. The number of carbonyl (C=O) groups is 1. The molecule has 0 saturated carbocycles. The average molecular weight is 306 g/mol. The number of hydrogen-bond acceptors (Lipinski definition) is 3. The minimum Gasteiger partial charge on any atom is -0.322 e. The second kappa shape index (κ2) is 6.42. The zero-order valence-electron chi connectivity index (χ0n) is 10.8. The van der Waals surface area contributed by atoms with Crippen molar-refractivity contribution in [2.75, 3.05) is 12.4 Å². The maximum atomic E-state index is 12.0. The average Bonchev–Trinajstić information content (AvgIpc) is 2.91. The molecule has 0 radical (unpaired) electrons. The number of urea groups is 1. The molecular weight excluding hydrogens is 294 g/mol. The first kappa shape index (κ1) is 14.4. The van der Waals surface area contributed by atoms with E-state index in [1.807, 2.05) is 23.6 Å². The fourth-order valence-electron chi connectivity index (χ4n) is 1.61. The molecule has 0 aliphatic carbocycles. The van der Waals surface area contributed by atoms with E-state index in [1.165, 1.54) is 0 Å². The molecule has 1 aromatic carbocycles. The Hall–Kier alpha value is -2.03. The van der Waals surface area contributed by atoms with Crippen LogP contribution >= 0.6 is 22.9 Å². The van der Waals surface area contributed by atoms with E-state index in [0.29, 0.717) is 22.8 Å². The highest BCUT2D eigenvalue weighted by atomic mass is 35.5. The van der Waals surface area contributed by atoms with Gasteiger partial charge in [0.05, 0.1) is 17.1 Å². The lowest BCUT2D eigenvalue weighted by atomic mass is 10.2. The predicted molar refractivity (Wildman–Crippen MR) is 81.0 cm³/mol. The van der Waals surface area contributed by atoms with Crippen LogP contribution in [0.15, 0.2) is 35.7 Å². The van der Waals surface area contributed by atoms with Crippen molar-refractivity contribution in [3.05, 3.63) is 51.2 Å². The van der Waals surface area contributed by atoms with Gasteiger partial charge in [-0.25, -0.2) is 4.79 Å². The van der Waals surface area contributed by atoms with E-state index in [-0.39, 0.29) is 6.03 Å². The number of nitrogens with zero attached hydrogens (tertiary/aromatic N) is 2. The van der Waals surface area contributed by atoms with Gasteiger partial charge in [0, 0.05) is 17.6 Å². The normalized spacial score (nSPS) is 9.85. The van der Waals surface area contributed by atoms with E-state index in [4.69, 9.17) is 16.9 Å². The maximum Gasteiger partial charge on any atom is 0.321 e. The van der Waals surface area contributed by atoms with Gasteiger partial charge in [0.25, 0.3) is 0 Å². The summed E-state index contributed by atoms with van der Waals surface area (Å²) < 4.78 is 0. The van der Waals surface area contributed by atoms with Gasteiger partial charge in [-0.15, -0.1) is 11.3 Å². The molecule has 2 aromatic rings. The largest absolute Gasteiger partial charge is 0.322 e. The van der Waals surface area contributed by atoms with Crippen molar-refractivity contribution in [2.24, 2.45) is 0 Å². The Morgan fingerprint density at radius 2 is 2.30 bits per heavy atom. The van der Waals surface area contributed by atoms with E-state index in [0.717, 1.165) is 4.88 Å². The Morgan fingerprint density at radius 1 is 1.50 bits per heavy atom. The lowest BCUT2D eigenvalue weighted by Crippen LogP contribution is -2.30. The van der Waals surface area contributed by atoms with Crippen molar-refractivity contribution >= 4 is 34.7 Å². The van der Waals surface area contributed by atoms with Gasteiger partial charge in [-0.05, 0) is 29.6 Å². The Morgan fingerprint density at radius 3 is 2.90 bits per heavy atom. The molecule has 1 N–H and O–H groups in total. The van der Waals surface area contributed by atoms with Crippen LogP contribution in [0.1, 0.15) is 10.4 Å². The number of nitrogens with one attached hydrogen (secondary N) is 1. The van der Waals surface area contributed by atoms with Crippen molar-refractivity contribution in [3.63, 3.8) is 0 Å². The fourth-order valence-corrected chi connectivity index (χ4v) is 2.59. The van der Waals surface area contributed by atoms with Crippen LogP contribution in [0.4, 0.5) is 10.5 Å². The number of benzene rings is 1. The summed E-state index contributed by atoms with van der Waals surface area (Å²) in [5.74, 6) is 0. The summed E-state index contributed by atoms with van der Waals surface area (Å²) in [6.45, 7) is 0.549. The van der Waals surface area contributed by atoms with Crippen LogP contribution in [0, 0.1) is 11.3 Å². The number of carbonyl (C=O) groups excluding carboxylic acids is 1. The summed E-state index contributed by atoms with van der Waals surface area (Å²) in [7, 11) is 1.72. The van der Waals surface area contributed by atoms with Crippen molar-refractivity contribution in [3.8, 4) is 6.07 Å². The molecule has 0 fully saturated rings. The van der Waals surface area contributed by atoms with Crippen LogP contribution in [0.25, 0.3) is 0 Å². The second-order valence-corrected chi connectivity index (χ2v) is 5.61. The number of amides is 2. The van der Waals surface area contributed by atoms with Gasteiger partial charge >= 0.3 is 6.03 Å². The lowest BCUT2D eigenvalue weighted by molar-refractivity contribution is 0.221. The van der Waals surface area contributed by atoms with Crippen molar-refractivity contribution < 1.29 is 4.79 Å². The molecular formula is C14H12ClN3OS. The highest BCUT2D eigenvalue weighted by Gasteiger charge is 2.10. The van der Waals surface area contributed by atoms with E-state index in [2.05, 4.69) is 5.32 Å². The number of hydrogen-bond donors (Lipinski definition) is 1. The summed E-state index contributed by atoms with van der Waals surface area (Å²) in [4.78, 5) is 14.7. The summed E-state index contributed by atoms with van der Waals surface area (Å²) in [5, 5.41) is 13.8. The molecule has 0 bridgehead atoms. The van der Waals surface area contributed by atoms with E-state index < -0.39 is 0 Å². The molecule has 2 amide bonds. The molecule has 1 heterocycles. The quantitative estimate of drug-likeness (QED) is 0.934. The number of rotatable bonds is 3. The third-order valence-electron chi connectivity index (χ3n) is 2.66. The van der Waals surface area contributed by atoms with Crippen molar-refractivity contribution in [1.82, 2.24) is 4.90 Å². The first-order valence-corrected chi connectivity index (χ1v) is 7.10. The zero-order valence-corrected chi connectivity index (χ0v) is 12.3. The summed E-state index contributed by atoms with van der Waals surface area (Å²) in [5.41, 5.74) is 0.952. The first-order chi connectivity index (χ1) is 9.60. The highest BCUT2D eigenvalue weighted by molar-refractivity contribution is 7.09. The molecule has 0 atom stereocenters. The monoisotopic (exact) mass is 305 g/mol. The topological polar surface area (TPSA) is 56.1 Å². The third kappa shape index (κ3) is 3.50. The Kier molecular flexibility index (Phi) is 4.61. The van der Waals surface area contributed by atoms with E-state index in [9.17, 15) is 4.79 Å². The van der Waals surface area contributed by atoms with Crippen LogP contribution in [0.2, 0.25) is 5.02 Å². The minimum absolute atomic E-state index is 0.223. The van der Waals surface area contributed by atoms with E-state index in [1.54, 1.807) is 41.5 Å². The third-order valence-corrected chi connectivity index (χ3v) is 3.83. The predicted octanol–water partition coefficient (Wildman–Crippen LogP) is 3.94. The zero-order chi connectivity index (χ0) is 14.5. The van der Waals surface area contributed by atoms with Gasteiger partial charge in [-0.1, -0.05) is 17.7 Å². The number of anilines is 1. The van der Waals surface area contributed by atoms with Crippen LogP contribution in [0.3, 0.4) is 0 Å². The lowest BCUT2D eigenvalue weighted by Gasteiger charge is -2.17. The van der Waals surface area contributed by atoms with Gasteiger partial charge in [0.2, 0.25) is 0 Å². The fraction of sp³-hybridized carbons (Fsp3) is 0.143. The molecule has 0 saturated heterocycles. The van der Waals surface area contributed by atoms with Crippen molar-refractivity contribution in [2.45, 2.75) is 6.54 Å². The van der Waals surface area contributed by atoms with Gasteiger partial charge < -0.3 is 10.2 Å². The van der Waals surface area contributed by atoms with Crippen LogP contribution in [-0.2, 0) is 6.54 Å². The molecule has 20 heavy (non-hydrogen) atoms. The molecule has 102 valence electrons.